The summed E-state index contributed by atoms with van der Waals surface area (Å²) >= 11 is 1.56. The Labute approximate surface area is 145 Å². The van der Waals surface area contributed by atoms with Crippen LogP contribution in [0.3, 0.4) is 0 Å². The molecule has 1 N–H and O–H groups in total. The molecule has 0 aromatic heterocycles. The third kappa shape index (κ3) is 4.08. The van der Waals surface area contributed by atoms with Gasteiger partial charge in [-0.1, -0.05) is 12.1 Å². The molecular formula is C18H19NO4S. The number of amides is 1. The van der Waals surface area contributed by atoms with Crippen LogP contribution in [0.2, 0.25) is 0 Å². The standard InChI is InChI=1S/C18H19NO4S/c1-4-23-18(21)13-7-5-6-8-15(13)19-17(20)14-10-9-12(24-3)11-16(14)22-2/h5-11H,4H2,1-3H3,(H,19,20). The lowest BCUT2D eigenvalue weighted by Gasteiger charge is -2.13. The molecule has 2 rings (SSSR count). The second-order valence-corrected chi connectivity index (χ2v) is 5.67. The number of ether oxygens (including phenoxy) is 2. The molecule has 5 nitrogen and oxygen atoms in total. The maximum Gasteiger partial charge on any atom is 0.340 e. The molecular weight excluding hydrogens is 326 g/mol. The minimum Gasteiger partial charge on any atom is -0.496 e. The summed E-state index contributed by atoms with van der Waals surface area (Å²) in [5.41, 5.74) is 1.11. The van der Waals surface area contributed by atoms with E-state index in [1.807, 2.05) is 12.3 Å². The van der Waals surface area contributed by atoms with Crippen molar-refractivity contribution in [3.63, 3.8) is 0 Å². The topological polar surface area (TPSA) is 64.6 Å². The van der Waals surface area contributed by atoms with Crippen LogP contribution in [0.1, 0.15) is 27.6 Å². The van der Waals surface area contributed by atoms with Crippen molar-refractivity contribution in [2.75, 3.05) is 25.3 Å². The van der Waals surface area contributed by atoms with E-state index in [2.05, 4.69) is 5.32 Å². The van der Waals surface area contributed by atoms with Crippen molar-refractivity contribution in [2.45, 2.75) is 11.8 Å². The molecule has 0 fully saturated rings. The smallest absolute Gasteiger partial charge is 0.340 e. The number of carbonyl (C=O) groups excluding carboxylic acids is 2. The van der Waals surface area contributed by atoms with Crippen LogP contribution in [0.25, 0.3) is 0 Å². The summed E-state index contributed by atoms with van der Waals surface area (Å²) < 4.78 is 10.3. The lowest BCUT2D eigenvalue weighted by Crippen LogP contribution is -2.16. The molecule has 2 aromatic rings. The van der Waals surface area contributed by atoms with Crippen LogP contribution in [-0.4, -0.2) is 31.8 Å². The predicted octanol–water partition coefficient (Wildman–Crippen LogP) is 3.85. The van der Waals surface area contributed by atoms with Gasteiger partial charge in [0.1, 0.15) is 5.75 Å². The summed E-state index contributed by atoms with van der Waals surface area (Å²) in [7, 11) is 1.52. The first-order valence-corrected chi connectivity index (χ1v) is 8.62. The van der Waals surface area contributed by atoms with Gasteiger partial charge in [-0.3, -0.25) is 4.79 Å². The third-order valence-electron chi connectivity index (χ3n) is 3.32. The van der Waals surface area contributed by atoms with Gasteiger partial charge >= 0.3 is 5.97 Å². The number of esters is 1. The molecule has 0 unspecified atom stereocenters. The van der Waals surface area contributed by atoms with Gasteiger partial charge in [0.25, 0.3) is 5.91 Å². The molecule has 0 spiro atoms. The van der Waals surface area contributed by atoms with Gasteiger partial charge in [-0.25, -0.2) is 4.79 Å². The summed E-state index contributed by atoms with van der Waals surface area (Å²) in [6.45, 7) is 2.00. The van der Waals surface area contributed by atoms with Gasteiger partial charge in [0.05, 0.1) is 30.5 Å². The molecule has 0 saturated carbocycles. The maximum atomic E-state index is 12.6. The van der Waals surface area contributed by atoms with Gasteiger partial charge in [-0.15, -0.1) is 11.8 Å². The van der Waals surface area contributed by atoms with E-state index in [0.717, 1.165) is 4.90 Å². The largest absolute Gasteiger partial charge is 0.496 e. The van der Waals surface area contributed by atoms with E-state index >= 15 is 0 Å². The highest BCUT2D eigenvalue weighted by Gasteiger charge is 2.17. The van der Waals surface area contributed by atoms with Crippen molar-refractivity contribution in [3.8, 4) is 5.75 Å². The van der Waals surface area contributed by atoms with E-state index in [0.29, 0.717) is 22.6 Å². The lowest BCUT2D eigenvalue weighted by atomic mass is 10.1. The van der Waals surface area contributed by atoms with Crippen LogP contribution in [0.4, 0.5) is 5.69 Å². The Bertz CT molecular complexity index is 746. The highest BCUT2D eigenvalue weighted by Crippen LogP contribution is 2.26. The fraction of sp³-hybridized carbons (Fsp3) is 0.222. The number of thioether (sulfide) groups is 1. The quantitative estimate of drug-likeness (QED) is 0.636. The number of para-hydroxylation sites is 1. The maximum absolute atomic E-state index is 12.6. The Balaban J connectivity index is 2.29. The van der Waals surface area contributed by atoms with Crippen molar-refractivity contribution in [1.29, 1.82) is 0 Å². The number of methoxy groups -OCH3 is 1. The number of hydrogen-bond donors (Lipinski definition) is 1. The first-order valence-electron chi connectivity index (χ1n) is 7.40. The van der Waals surface area contributed by atoms with E-state index in [1.54, 1.807) is 55.1 Å². The molecule has 2 aromatic carbocycles. The van der Waals surface area contributed by atoms with Crippen LogP contribution in [0, 0.1) is 0 Å². The summed E-state index contributed by atoms with van der Waals surface area (Å²) in [6, 6.07) is 12.1. The van der Waals surface area contributed by atoms with E-state index < -0.39 is 5.97 Å². The lowest BCUT2D eigenvalue weighted by molar-refractivity contribution is 0.0527. The molecule has 126 valence electrons. The zero-order valence-electron chi connectivity index (χ0n) is 13.8. The van der Waals surface area contributed by atoms with E-state index in [4.69, 9.17) is 9.47 Å². The van der Waals surface area contributed by atoms with Gasteiger partial charge in [0.2, 0.25) is 0 Å². The second kappa shape index (κ2) is 8.40. The zero-order valence-corrected chi connectivity index (χ0v) is 14.6. The normalized spacial score (nSPS) is 10.1. The van der Waals surface area contributed by atoms with E-state index in [9.17, 15) is 9.59 Å². The van der Waals surface area contributed by atoms with Gasteiger partial charge in [0.15, 0.2) is 0 Å². The molecule has 6 heteroatoms. The molecule has 1 amide bonds. The number of carbonyl (C=O) groups is 2. The average Bonchev–Trinajstić information content (AvgIpc) is 2.61. The summed E-state index contributed by atoms with van der Waals surface area (Å²) in [5.74, 6) is -0.345. The average molecular weight is 345 g/mol. The number of nitrogens with one attached hydrogen (secondary N) is 1. The van der Waals surface area contributed by atoms with Crippen molar-refractivity contribution >= 4 is 29.3 Å². The fourth-order valence-electron chi connectivity index (χ4n) is 2.15. The van der Waals surface area contributed by atoms with Crippen molar-refractivity contribution < 1.29 is 19.1 Å². The van der Waals surface area contributed by atoms with E-state index in [-0.39, 0.29) is 12.5 Å². The molecule has 0 aliphatic carbocycles. The van der Waals surface area contributed by atoms with Crippen LogP contribution in [-0.2, 0) is 4.74 Å². The molecule has 0 saturated heterocycles. The summed E-state index contributed by atoms with van der Waals surface area (Å²) in [4.78, 5) is 25.6. The first-order chi connectivity index (χ1) is 11.6. The Morgan fingerprint density at radius 3 is 2.54 bits per heavy atom. The Morgan fingerprint density at radius 2 is 1.88 bits per heavy atom. The van der Waals surface area contributed by atoms with Gasteiger partial charge in [0, 0.05) is 4.90 Å². The summed E-state index contributed by atoms with van der Waals surface area (Å²) in [5, 5.41) is 2.75. The van der Waals surface area contributed by atoms with Gasteiger partial charge in [-0.2, -0.15) is 0 Å². The molecule has 0 radical (unpaired) electrons. The van der Waals surface area contributed by atoms with Gasteiger partial charge < -0.3 is 14.8 Å². The molecule has 0 aliphatic heterocycles. The molecule has 0 atom stereocenters. The zero-order chi connectivity index (χ0) is 17.5. The van der Waals surface area contributed by atoms with Crippen LogP contribution >= 0.6 is 11.8 Å². The second-order valence-electron chi connectivity index (χ2n) is 4.79. The molecule has 24 heavy (non-hydrogen) atoms. The van der Waals surface area contributed by atoms with Crippen LogP contribution in [0.15, 0.2) is 47.4 Å². The highest BCUT2D eigenvalue weighted by atomic mass is 32.2. The minimum atomic E-state index is -0.474. The number of anilines is 1. The Kier molecular flexibility index (Phi) is 6.26. The molecule has 0 aliphatic rings. The van der Waals surface area contributed by atoms with Crippen molar-refractivity contribution in [1.82, 2.24) is 0 Å². The fourth-order valence-corrected chi connectivity index (χ4v) is 2.58. The van der Waals surface area contributed by atoms with Crippen LogP contribution < -0.4 is 10.1 Å². The predicted molar refractivity (Wildman–Crippen MR) is 95.1 cm³/mol. The van der Waals surface area contributed by atoms with Crippen LogP contribution in [0.5, 0.6) is 5.75 Å². The third-order valence-corrected chi connectivity index (χ3v) is 4.05. The number of rotatable bonds is 6. The summed E-state index contributed by atoms with van der Waals surface area (Å²) in [6.07, 6.45) is 1.95. The first kappa shape index (κ1) is 17.9. The Morgan fingerprint density at radius 1 is 1.12 bits per heavy atom. The van der Waals surface area contributed by atoms with Crippen molar-refractivity contribution in [3.05, 3.63) is 53.6 Å². The number of benzene rings is 2. The van der Waals surface area contributed by atoms with E-state index in [1.165, 1.54) is 7.11 Å². The van der Waals surface area contributed by atoms with Gasteiger partial charge in [-0.05, 0) is 43.5 Å². The highest BCUT2D eigenvalue weighted by molar-refractivity contribution is 7.98. The SMILES string of the molecule is CCOC(=O)c1ccccc1NC(=O)c1ccc(SC)cc1OC. The Hall–Kier alpha value is -2.47. The monoisotopic (exact) mass is 345 g/mol. The number of hydrogen-bond acceptors (Lipinski definition) is 5. The van der Waals surface area contributed by atoms with Crippen molar-refractivity contribution in [2.24, 2.45) is 0 Å². The molecule has 0 heterocycles. The molecule has 0 bridgehead atoms. The minimum absolute atomic E-state index is 0.269.